The quantitative estimate of drug-likeness (QED) is 0.785. The Bertz CT molecular complexity index is 551. The number of nitrogens with zero attached hydrogens (tertiary/aromatic N) is 3. The highest BCUT2D eigenvalue weighted by Crippen LogP contribution is 2.12. The Morgan fingerprint density at radius 3 is 3.00 bits per heavy atom. The van der Waals surface area contributed by atoms with Crippen LogP contribution in [-0.2, 0) is 11.3 Å². The van der Waals surface area contributed by atoms with Gasteiger partial charge in [-0.3, -0.25) is 14.3 Å². The molecule has 106 valence electrons. The molecular weight excluding hydrogens is 276 g/mol. The lowest BCUT2D eigenvalue weighted by molar-refractivity contribution is -0.121. The van der Waals surface area contributed by atoms with E-state index in [1.54, 1.807) is 17.1 Å². The lowest BCUT2D eigenvalue weighted by atomic mass is 10.1. The first kappa shape index (κ1) is 14.4. The highest BCUT2D eigenvalue weighted by Gasteiger charge is 2.14. The smallest absolute Gasteiger partial charge is 0.222 e. The third-order valence-electron chi connectivity index (χ3n) is 2.73. The molecular formula is C13H16N4O2S. The number of hydrogen-bond acceptors (Lipinski definition) is 5. The lowest BCUT2D eigenvalue weighted by Gasteiger charge is -2.12. The van der Waals surface area contributed by atoms with Gasteiger partial charge in [0.1, 0.15) is 12.7 Å². The second-order valence-corrected chi connectivity index (χ2v) is 5.43. The number of thiophene rings is 1. The van der Waals surface area contributed by atoms with E-state index in [0.29, 0.717) is 19.4 Å². The Kier molecular flexibility index (Phi) is 5.00. The van der Waals surface area contributed by atoms with Gasteiger partial charge >= 0.3 is 0 Å². The number of Topliss-reactive ketones (excluding diaryl/α,β-unsaturated/α-hetero) is 1. The molecule has 1 amide bonds. The Balaban J connectivity index is 1.72. The van der Waals surface area contributed by atoms with Gasteiger partial charge in [-0.05, 0) is 18.4 Å². The van der Waals surface area contributed by atoms with Crippen molar-refractivity contribution in [3.05, 3.63) is 35.0 Å². The molecule has 0 aliphatic rings. The molecule has 0 fully saturated rings. The number of hydrogen-bond donors (Lipinski definition) is 1. The SMILES string of the molecule is C[C@H](CC(=O)c1cccs1)NC(=O)CCn1cncn1. The number of ketones is 1. The van der Waals surface area contributed by atoms with E-state index in [4.69, 9.17) is 0 Å². The van der Waals surface area contributed by atoms with E-state index >= 15 is 0 Å². The molecule has 1 atom stereocenters. The summed E-state index contributed by atoms with van der Waals surface area (Å²) in [6, 6.07) is 3.47. The van der Waals surface area contributed by atoms with Gasteiger partial charge in [0, 0.05) is 18.9 Å². The fourth-order valence-electron chi connectivity index (χ4n) is 1.78. The Morgan fingerprint density at radius 1 is 1.50 bits per heavy atom. The van der Waals surface area contributed by atoms with Gasteiger partial charge in [0.15, 0.2) is 5.78 Å². The van der Waals surface area contributed by atoms with Crippen LogP contribution < -0.4 is 5.32 Å². The van der Waals surface area contributed by atoms with Crippen molar-refractivity contribution in [3.8, 4) is 0 Å². The molecule has 2 aromatic heterocycles. The molecule has 0 aliphatic heterocycles. The molecule has 7 heteroatoms. The van der Waals surface area contributed by atoms with Crippen LogP contribution in [0, 0.1) is 0 Å². The summed E-state index contributed by atoms with van der Waals surface area (Å²) in [4.78, 5) is 28.2. The van der Waals surface area contributed by atoms with E-state index in [2.05, 4.69) is 15.4 Å². The second kappa shape index (κ2) is 6.95. The first-order valence-corrected chi connectivity index (χ1v) is 7.21. The number of aromatic nitrogens is 3. The van der Waals surface area contributed by atoms with Crippen LogP contribution in [-0.4, -0.2) is 32.5 Å². The minimum Gasteiger partial charge on any atom is -0.353 e. The Morgan fingerprint density at radius 2 is 2.35 bits per heavy atom. The second-order valence-electron chi connectivity index (χ2n) is 4.48. The lowest BCUT2D eigenvalue weighted by Crippen LogP contribution is -2.34. The summed E-state index contributed by atoms with van der Waals surface area (Å²) >= 11 is 1.42. The van der Waals surface area contributed by atoms with Crippen LogP contribution in [0.3, 0.4) is 0 Å². The molecule has 6 nitrogen and oxygen atoms in total. The maximum Gasteiger partial charge on any atom is 0.222 e. The van der Waals surface area contributed by atoms with Crippen molar-refractivity contribution in [1.29, 1.82) is 0 Å². The average Bonchev–Trinajstić information content (AvgIpc) is 3.09. The molecule has 1 N–H and O–H groups in total. The van der Waals surface area contributed by atoms with E-state index in [-0.39, 0.29) is 17.7 Å². The number of rotatable bonds is 7. The van der Waals surface area contributed by atoms with Crippen LogP contribution in [0.15, 0.2) is 30.2 Å². The molecule has 20 heavy (non-hydrogen) atoms. The van der Waals surface area contributed by atoms with Crippen molar-refractivity contribution < 1.29 is 9.59 Å². The molecule has 0 saturated heterocycles. The third kappa shape index (κ3) is 4.27. The summed E-state index contributed by atoms with van der Waals surface area (Å²) in [5.74, 6) is -0.0314. The monoisotopic (exact) mass is 292 g/mol. The van der Waals surface area contributed by atoms with Crippen LogP contribution in [0.2, 0.25) is 0 Å². The summed E-state index contributed by atoms with van der Waals surface area (Å²) in [6.07, 6.45) is 3.63. The largest absolute Gasteiger partial charge is 0.353 e. The number of aryl methyl sites for hydroxylation is 1. The van der Waals surface area contributed by atoms with Gasteiger partial charge in [0.25, 0.3) is 0 Å². The molecule has 2 aromatic rings. The highest BCUT2D eigenvalue weighted by atomic mass is 32.1. The van der Waals surface area contributed by atoms with Crippen LogP contribution in [0.5, 0.6) is 0 Å². The average molecular weight is 292 g/mol. The maximum atomic E-state index is 11.9. The van der Waals surface area contributed by atoms with Gasteiger partial charge in [0.2, 0.25) is 5.91 Å². The van der Waals surface area contributed by atoms with Gasteiger partial charge in [-0.25, -0.2) is 4.98 Å². The van der Waals surface area contributed by atoms with Gasteiger partial charge in [-0.2, -0.15) is 5.10 Å². The summed E-state index contributed by atoms with van der Waals surface area (Å²) in [5.41, 5.74) is 0. The third-order valence-corrected chi connectivity index (χ3v) is 3.64. The number of nitrogens with one attached hydrogen (secondary N) is 1. The van der Waals surface area contributed by atoms with E-state index < -0.39 is 0 Å². The number of carbonyl (C=O) groups is 2. The van der Waals surface area contributed by atoms with Crippen molar-refractivity contribution in [1.82, 2.24) is 20.1 Å². The Labute approximate surface area is 120 Å². The molecule has 0 aliphatic carbocycles. The van der Waals surface area contributed by atoms with Gasteiger partial charge in [-0.1, -0.05) is 6.07 Å². The zero-order valence-corrected chi connectivity index (χ0v) is 12.0. The zero-order chi connectivity index (χ0) is 14.4. The predicted octanol–water partition coefficient (Wildman–Crippen LogP) is 1.51. The molecule has 0 unspecified atom stereocenters. The van der Waals surface area contributed by atoms with Crippen LogP contribution >= 0.6 is 11.3 Å². The van der Waals surface area contributed by atoms with Gasteiger partial charge < -0.3 is 5.32 Å². The van der Waals surface area contributed by atoms with Gasteiger partial charge in [-0.15, -0.1) is 11.3 Å². The first-order chi connectivity index (χ1) is 9.65. The van der Waals surface area contributed by atoms with E-state index in [1.807, 2.05) is 18.4 Å². The van der Waals surface area contributed by atoms with E-state index in [9.17, 15) is 9.59 Å². The molecule has 2 heterocycles. The van der Waals surface area contributed by atoms with Crippen molar-refractivity contribution in [2.45, 2.75) is 32.4 Å². The summed E-state index contributed by atoms with van der Waals surface area (Å²) < 4.78 is 1.60. The molecule has 0 radical (unpaired) electrons. The van der Waals surface area contributed by atoms with Gasteiger partial charge in [0.05, 0.1) is 11.4 Å². The van der Waals surface area contributed by atoms with Crippen molar-refractivity contribution >= 4 is 23.0 Å². The predicted molar refractivity (Wildman–Crippen MR) is 75.5 cm³/mol. The highest BCUT2D eigenvalue weighted by molar-refractivity contribution is 7.12. The molecule has 0 bridgehead atoms. The molecule has 0 aromatic carbocycles. The number of carbonyl (C=O) groups excluding carboxylic acids is 2. The topological polar surface area (TPSA) is 76.9 Å². The van der Waals surface area contributed by atoms with E-state index in [1.165, 1.54) is 17.7 Å². The first-order valence-electron chi connectivity index (χ1n) is 6.33. The fraction of sp³-hybridized carbons (Fsp3) is 0.385. The molecule has 2 rings (SSSR count). The minimum atomic E-state index is -0.173. The zero-order valence-electron chi connectivity index (χ0n) is 11.2. The van der Waals surface area contributed by atoms with Crippen molar-refractivity contribution in [2.75, 3.05) is 0 Å². The molecule has 0 spiro atoms. The standard InChI is InChI=1S/C13H16N4O2S/c1-10(7-11(18)12-3-2-6-20-12)16-13(19)4-5-17-9-14-8-15-17/h2-3,6,8-10H,4-5,7H2,1H3,(H,16,19)/t10-/m1/s1. The summed E-state index contributed by atoms with van der Waals surface area (Å²) in [5, 5.41) is 8.61. The maximum absolute atomic E-state index is 11.9. The van der Waals surface area contributed by atoms with E-state index in [0.717, 1.165) is 4.88 Å². The minimum absolute atomic E-state index is 0.0593. The van der Waals surface area contributed by atoms with Crippen molar-refractivity contribution in [3.63, 3.8) is 0 Å². The summed E-state index contributed by atoms with van der Waals surface area (Å²) in [6.45, 7) is 2.32. The van der Waals surface area contributed by atoms with Crippen LogP contribution in [0.4, 0.5) is 0 Å². The normalized spacial score (nSPS) is 12.1. The summed E-state index contributed by atoms with van der Waals surface area (Å²) in [7, 11) is 0. The Hall–Kier alpha value is -2.02. The van der Waals surface area contributed by atoms with Crippen molar-refractivity contribution in [2.24, 2.45) is 0 Å². The number of amides is 1. The van der Waals surface area contributed by atoms with Crippen LogP contribution in [0.1, 0.15) is 29.4 Å². The molecule has 0 saturated carbocycles. The van der Waals surface area contributed by atoms with Crippen LogP contribution in [0.25, 0.3) is 0 Å². The fourth-order valence-corrected chi connectivity index (χ4v) is 2.45.